The Morgan fingerprint density at radius 1 is 1.29 bits per heavy atom. The molecule has 0 spiro atoms. The SMILES string of the molecule is O=C(CCCCC1CCSS1)NCCOc1ccccc1. The zero-order valence-corrected chi connectivity index (χ0v) is 13.9. The Kier molecular flexibility index (Phi) is 7.89. The summed E-state index contributed by atoms with van der Waals surface area (Å²) >= 11 is 0. The Morgan fingerprint density at radius 2 is 2.14 bits per heavy atom. The molecule has 3 nitrogen and oxygen atoms in total. The standard InChI is InChI=1S/C16H23NO2S2/c18-16(9-5-4-8-15-10-13-20-21-15)17-11-12-19-14-6-2-1-3-7-14/h1-3,6-7,15H,4-5,8-13H2,(H,17,18). The molecule has 1 saturated heterocycles. The Morgan fingerprint density at radius 3 is 2.90 bits per heavy atom. The zero-order valence-electron chi connectivity index (χ0n) is 12.3. The van der Waals surface area contributed by atoms with E-state index in [1.165, 1.54) is 18.6 Å². The van der Waals surface area contributed by atoms with E-state index < -0.39 is 0 Å². The highest BCUT2D eigenvalue weighted by Gasteiger charge is 2.15. The fourth-order valence-electron chi connectivity index (χ4n) is 2.19. The van der Waals surface area contributed by atoms with E-state index in [-0.39, 0.29) is 5.91 Å². The largest absolute Gasteiger partial charge is 0.492 e. The van der Waals surface area contributed by atoms with Crippen molar-refractivity contribution in [2.75, 3.05) is 18.9 Å². The van der Waals surface area contributed by atoms with Gasteiger partial charge in [-0.05, 0) is 31.4 Å². The molecule has 2 rings (SSSR count). The van der Waals surface area contributed by atoms with Crippen molar-refractivity contribution < 1.29 is 9.53 Å². The van der Waals surface area contributed by atoms with Crippen LogP contribution >= 0.6 is 21.6 Å². The van der Waals surface area contributed by atoms with E-state index >= 15 is 0 Å². The number of hydrogen-bond donors (Lipinski definition) is 1. The highest BCUT2D eigenvalue weighted by molar-refractivity contribution is 8.77. The molecular formula is C16H23NO2S2. The molecule has 1 aliphatic heterocycles. The summed E-state index contributed by atoms with van der Waals surface area (Å²) in [6.07, 6.45) is 5.37. The van der Waals surface area contributed by atoms with Crippen molar-refractivity contribution in [2.45, 2.75) is 37.4 Å². The second-order valence-electron chi connectivity index (χ2n) is 5.09. The lowest BCUT2D eigenvalue weighted by atomic mass is 10.1. The smallest absolute Gasteiger partial charge is 0.220 e. The highest BCUT2D eigenvalue weighted by Crippen LogP contribution is 2.39. The molecule has 1 fully saturated rings. The van der Waals surface area contributed by atoms with Crippen LogP contribution in [0.2, 0.25) is 0 Å². The second kappa shape index (κ2) is 10.0. The summed E-state index contributed by atoms with van der Waals surface area (Å²) in [5, 5.41) is 3.73. The molecule has 1 aliphatic rings. The van der Waals surface area contributed by atoms with Crippen molar-refractivity contribution >= 4 is 27.5 Å². The fourth-order valence-corrected chi connectivity index (χ4v) is 5.21. The van der Waals surface area contributed by atoms with Crippen LogP contribution in [0.1, 0.15) is 32.1 Å². The number of hydrogen-bond acceptors (Lipinski definition) is 4. The van der Waals surface area contributed by atoms with Gasteiger partial charge in [-0.2, -0.15) is 0 Å². The maximum absolute atomic E-state index is 11.7. The third-order valence-corrected chi connectivity index (χ3v) is 6.35. The van der Waals surface area contributed by atoms with Crippen LogP contribution in [0.4, 0.5) is 0 Å². The lowest BCUT2D eigenvalue weighted by Gasteiger charge is -2.08. The molecule has 0 aromatic heterocycles. The predicted octanol–water partition coefficient (Wildman–Crippen LogP) is 3.90. The zero-order chi connectivity index (χ0) is 14.8. The topological polar surface area (TPSA) is 38.3 Å². The van der Waals surface area contributed by atoms with Crippen LogP contribution in [-0.4, -0.2) is 30.1 Å². The molecule has 1 unspecified atom stereocenters. The van der Waals surface area contributed by atoms with Crippen molar-refractivity contribution in [3.8, 4) is 5.75 Å². The molecule has 21 heavy (non-hydrogen) atoms. The summed E-state index contributed by atoms with van der Waals surface area (Å²) < 4.78 is 5.53. The van der Waals surface area contributed by atoms with Gasteiger partial charge in [-0.3, -0.25) is 4.79 Å². The van der Waals surface area contributed by atoms with Gasteiger partial charge >= 0.3 is 0 Å². The minimum absolute atomic E-state index is 0.139. The third-order valence-electron chi connectivity index (χ3n) is 3.34. The van der Waals surface area contributed by atoms with Crippen LogP contribution in [0.25, 0.3) is 0 Å². The molecular weight excluding hydrogens is 302 g/mol. The minimum atomic E-state index is 0.139. The van der Waals surface area contributed by atoms with E-state index in [4.69, 9.17) is 4.74 Å². The fraction of sp³-hybridized carbons (Fsp3) is 0.562. The van der Waals surface area contributed by atoms with Gasteiger partial charge in [0.2, 0.25) is 5.91 Å². The van der Waals surface area contributed by atoms with Crippen molar-refractivity contribution in [3.63, 3.8) is 0 Å². The van der Waals surface area contributed by atoms with E-state index in [1.807, 2.05) is 51.9 Å². The summed E-state index contributed by atoms with van der Waals surface area (Å²) in [6, 6.07) is 9.67. The predicted molar refractivity (Wildman–Crippen MR) is 91.9 cm³/mol. The van der Waals surface area contributed by atoms with Gasteiger partial charge < -0.3 is 10.1 Å². The lowest BCUT2D eigenvalue weighted by Crippen LogP contribution is -2.27. The summed E-state index contributed by atoms with van der Waals surface area (Å²) in [5.74, 6) is 2.27. The average Bonchev–Trinajstić information content (AvgIpc) is 3.02. The summed E-state index contributed by atoms with van der Waals surface area (Å²) in [7, 11) is 4.00. The first-order chi connectivity index (χ1) is 10.3. The number of unbranched alkanes of at least 4 members (excludes halogenated alkanes) is 1. The van der Waals surface area contributed by atoms with Crippen molar-refractivity contribution in [3.05, 3.63) is 30.3 Å². The molecule has 1 aromatic carbocycles. The minimum Gasteiger partial charge on any atom is -0.492 e. The number of rotatable bonds is 9. The molecule has 0 radical (unpaired) electrons. The maximum Gasteiger partial charge on any atom is 0.220 e. The van der Waals surface area contributed by atoms with Gasteiger partial charge in [0, 0.05) is 17.4 Å². The average molecular weight is 325 g/mol. The number of ether oxygens (including phenoxy) is 1. The normalized spacial score (nSPS) is 17.6. The molecule has 0 saturated carbocycles. The van der Waals surface area contributed by atoms with Crippen LogP contribution < -0.4 is 10.1 Å². The Hall–Kier alpha value is -0.810. The van der Waals surface area contributed by atoms with Gasteiger partial charge in [0.1, 0.15) is 12.4 Å². The van der Waals surface area contributed by atoms with Crippen LogP contribution in [0.15, 0.2) is 30.3 Å². The molecule has 0 aliphatic carbocycles. The Bertz CT molecular complexity index is 408. The van der Waals surface area contributed by atoms with E-state index in [0.717, 1.165) is 23.8 Å². The molecule has 0 bridgehead atoms. The number of para-hydroxylation sites is 1. The molecule has 1 atom stereocenters. The molecule has 1 amide bonds. The first-order valence-electron chi connectivity index (χ1n) is 7.57. The molecule has 1 heterocycles. The Labute approximate surface area is 135 Å². The number of amides is 1. The van der Waals surface area contributed by atoms with Gasteiger partial charge in [0.05, 0.1) is 6.54 Å². The Balaban J connectivity index is 1.44. The van der Waals surface area contributed by atoms with Crippen molar-refractivity contribution in [1.82, 2.24) is 5.32 Å². The third kappa shape index (κ3) is 7.14. The monoisotopic (exact) mass is 325 g/mol. The van der Waals surface area contributed by atoms with Crippen molar-refractivity contribution in [1.29, 1.82) is 0 Å². The van der Waals surface area contributed by atoms with E-state index in [0.29, 0.717) is 19.6 Å². The van der Waals surface area contributed by atoms with E-state index in [2.05, 4.69) is 5.32 Å². The molecule has 5 heteroatoms. The number of carbonyl (C=O) groups excluding carboxylic acids is 1. The summed E-state index contributed by atoms with van der Waals surface area (Å²) in [4.78, 5) is 11.7. The van der Waals surface area contributed by atoms with E-state index in [9.17, 15) is 4.79 Å². The van der Waals surface area contributed by atoms with Crippen molar-refractivity contribution in [2.24, 2.45) is 0 Å². The molecule has 1 aromatic rings. The summed E-state index contributed by atoms with van der Waals surface area (Å²) in [5.41, 5.74) is 0. The van der Waals surface area contributed by atoms with Gasteiger partial charge in [-0.1, -0.05) is 46.2 Å². The molecule has 1 N–H and O–H groups in total. The van der Waals surface area contributed by atoms with Crippen LogP contribution in [0, 0.1) is 0 Å². The highest BCUT2D eigenvalue weighted by atomic mass is 33.1. The lowest BCUT2D eigenvalue weighted by molar-refractivity contribution is -0.121. The summed E-state index contributed by atoms with van der Waals surface area (Å²) in [6.45, 7) is 1.09. The van der Waals surface area contributed by atoms with E-state index in [1.54, 1.807) is 0 Å². The number of carbonyl (C=O) groups is 1. The van der Waals surface area contributed by atoms with Crippen LogP contribution in [0.3, 0.4) is 0 Å². The van der Waals surface area contributed by atoms with Gasteiger partial charge in [-0.25, -0.2) is 0 Å². The van der Waals surface area contributed by atoms with Crippen LogP contribution in [-0.2, 0) is 4.79 Å². The first kappa shape index (κ1) is 16.6. The maximum atomic E-state index is 11.7. The van der Waals surface area contributed by atoms with Gasteiger partial charge in [-0.15, -0.1) is 0 Å². The van der Waals surface area contributed by atoms with Crippen LogP contribution in [0.5, 0.6) is 5.75 Å². The quantitative estimate of drug-likeness (QED) is 0.552. The molecule has 116 valence electrons. The number of nitrogens with one attached hydrogen (secondary N) is 1. The van der Waals surface area contributed by atoms with Gasteiger partial charge in [0.25, 0.3) is 0 Å². The first-order valence-corrected chi connectivity index (χ1v) is 9.95. The number of benzene rings is 1. The second-order valence-corrected chi connectivity index (χ2v) is 7.87. The van der Waals surface area contributed by atoms with Gasteiger partial charge in [0.15, 0.2) is 0 Å².